The predicted molar refractivity (Wildman–Crippen MR) is 131 cm³/mol. The largest absolute Gasteiger partial charge is 0.317 e. The van der Waals surface area contributed by atoms with Gasteiger partial charge in [-0.25, -0.2) is 9.97 Å². The van der Waals surface area contributed by atoms with Gasteiger partial charge < -0.3 is 5.32 Å². The molecular formula is C28H39N3. The summed E-state index contributed by atoms with van der Waals surface area (Å²) < 4.78 is 0. The molecule has 0 spiro atoms. The van der Waals surface area contributed by atoms with Crippen molar-refractivity contribution in [2.45, 2.75) is 78.2 Å². The number of nitrogens with one attached hydrogen (secondary N) is 1. The van der Waals surface area contributed by atoms with Crippen molar-refractivity contribution in [2.75, 3.05) is 7.05 Å². The summed E-state index contributed by atoms with van der Waals surface area (Å²) in [5, 5.41) is 3.29. The summed E-state index contributed by atoms with van der Waals surface area (Å²) in [6, 6.07) is 9.15. The summed E-state index contributed by atoms with van der Waals surface area (Å²) in [4.78, 5) is 9.38. The van der Waals surface area contributed by atoms with Crippen LogP contribution in [0.4, 0.5) is 0 Å². The van der Waals surface area contributed by atoms with Crippen LogP contribution < -0.4 is 5.32 Å². The lowest BCUT2D eigenvalue weighted by Gasteiger charge is -2.39. The Balaban J connectivity index is 1.36. The van der Waals surface area contributed by atoms with Crippen LogP contribution in [0.5, 0.6) is 0 Å². The van der Waals surface area contributed by atoms with Gasteiger partial charge in [0.05, 0.1) is 0 Å². The highest BCUT2D eigenvalue weighted by Crippen LogP contribution is 2.44. The molecule has 1 aromatic carbocycles. The van der Waals surface area contributed by atoms with E-state index < -0.39 is 0 Å². The summed E-state index contributed by atoms with van der Waals surface area (Å²) in [5.74, 6) is 2.63. The molecule has 4 rings (SSSR count). The molecule has 1 fully saturated rings. The topological polar surface area (TPSA) is 37.8 Å². The fourth-order valence-corrected chi connectivity index (χ4v) is 5.33. The van der Waals surface area contributed by atoms with Gasteiger partial charge in [0, 0.05) is 29.6 Å². The molecule has 0 amide bonds. The van der Waals surface area contributed by atoms with E-state index in [1.54, 1.807) is 0 Å². The van der Waals surface area contributed by atoms with Crippen LogP contribution in [0.1, 0.15) is 76.8 Å². The number of rotatable bonds is 6. The minimum Gasteiger partial charge on any atom is -0.317 e. The molecule has 1 N–H and O–H groups in total. The Labute approximate surface area is 188 Å². The highest BCUT2D eigenvalue weighted by atomic mass is 14.9. The summed E-state index contributed by atoms with van der Waals surface area (Å²) in [7, 11) is 2.01. The third kappa shape index (κ3) is 5.63. The molecule has 3 heteroatoms. The lowest BCUT2D eigenvalue weighted by Crippen LogP contribution is -2.26. The van der Waals surface area contributed by atoms with Crippen LogP contribution in [-0.2, 0) is 6.42 Å². The molecule has 1 aromatic heterocycles. The van der Waals surface area contributed by atoms with Gasteiger partial charge in [-0.2, -0.15) is 0 Å². The van der Waals surface area contributed by atoms with E-state index in [1.165, 1.54) is 61.6 Å². The second-order valence-electron chi connectivity index (χ2n) is 10.7. The molecule has 2 aliphatic carbocycles. The Kier molecular flexibility index (Phi) is 6.91. The molecule has 0 saturated heterocycles. The monoisotopic (exact) mass is 417 g/mol. The normalized spacial score (nSPS) is 22.7. The fourth-order valence-electron chi connectivity index (χ4n) is 5.33. The van der Waals surface area contributed by atoms with Gasteiger partial charge in [0.25, 0.3) is 0 Å². The molecule has 0 aliphatic heterocycles. The summed E-state index contributed by atoms with van der Waals surface area (Å²) >= 11 is 0. The molecular weight excluding hydrogens is 378 g/mol. The number of likely N-dealkylation sites (N-methyl/N-ethyl adjacent to an activating group) is 1. The molecule has 0 radical (unpaired) electrons. The third-order valence-corrected chi connectivity index (χ3v) is 7.77. The minimum atomic E-state index is 0.481. The van der Waals surface area contributed by atoms with Gasteiger partial charge in [0.15, 0.2) is 5.82 Å². The molecule has 3 nitrogen and oxygen atoms in total. The van der Waals surface area contributed by atoms with Crippen LogP contribution in [-0.4, -0.2) is 23.1 Å². The zero-order valence-electron chi connectivity index (χ0n) is 19.8. The van der Waals surface area contributed by atoms with Crippen molar-refractivity contribution in [1.29, 1.82) is 0 Å². The SMILES string of the molecule is CNC(C)Cc1ccc(-c2ncc(C3=CCC(C4CCC(C)(C)CC4)CC3)cn2)cc1. The molecule has 1 heterocycles. The number of hydrogen-bond donors (Lipinski definition) is 1. The average Bonchev–Trinajstić information content (AvgIpc) is 2.80. The van der Waals surface area contributed by atoms with Gasteiger partial charge in [-0.1, -0.05) is 44.2 Å². The van der Waals surface area contributed by atoms with Gasteiger partial charge in [-0.05, 0) is 93.7 Å². The Hall–Kier alpha value is -2.00. The maximum atomic E-state index is 4.69. The molecule has 31 heavy (non-hydrogen) atoms. The lowest BCUT2D eigenvalue weighted by molar-refractivity contribution is 0.143. The van der Waals surface area contributed by atoms with E-state index >= 15 is 0 Å². The van der Waals surface area contributed by atoms with Gasteiger partial charge in [0.2, 0.25) is 0 Å². The zero-order valence-corrected chi connectivity index (χ0v) is 19.8. The van der Waals surface area contributed by atoms with Crippen LogP contribution in [0.25, 0.3) is 17.0 Å². The third-order valence-electron chi connectivity index (χ3n) is 7.77. The zero-order chi connectivity index (χ0) is 21.8. The first kappa shape index (κ1) is 22.2. The smallest absolute Gasteiger partial charge is 0.159 e. The first-order valence-electron chi connectivity index (χ1n) is 12.2. The van der Waals surface area contributed by atoms with Crippen molar-refractivity contribution in [1.82, 2.24) is 15.3 Å². The van der Waals surface area contributed by atoms with Crippen LogP contribution in [0.15, 0.2) is 42.7 Å². The van der Waals surface area contributed by atoms with Crippen molar-refractivity contribution in [3.05, 3.63) is 53.9 Å². The average molecular weight is 418 g/mol. The van der Waals surface area contributed by atoms with E-state index in [2.05, 4.69) is 56.4 Å². The summed E-state index contributed by atoms with van der Waals surface area (Å²) in [6.45, 7) is 7.07. The fraction of sp³-hybridized carbons (Fsp3) is 0.571. The number of nitrogens with zero attached hydrogens (tertiary/aromatic N) is 2. The van der Waals surface area contributed by atoms with Crippen LogP contribution in [0.3, 0.4) is 0 Å². The van der Waals surface area contributed by atoms with Crippen LogP contribution >= 0.6 is 0 Å². The molecule has 2 unspecified atom stereocenters. The van der Waals surface area contributed by atoms with Crippen molar-refractivity contribution in [3.63, 3.8) is 0 Å². The van der Waals surface area contributed by atoms with E-state index in [-0.39, 0.29) is 0 Å². The number of aromatic nitrogens is 2. The molecule has 2 atom stereocenters. The minimum absolute atomic E-state index is 0.481. The maximum absolute atomic E-state index is 4.69. The molecule has 0 bridgehead atoms. The molecule has 2 aromatic rings. The van der Waals surface area contributed by atoms with E-state index in [1.807, 2.05) is 19.4 Å². The van der Waals surface area contributed by atoms with E-state index in [0.717, 1.165) is 29.6 Å². The summed E-state index contributed by atoms with van der Waals surface area (Å²) in [6.07, 6.45) is 16.9. The first-order valence-corrected chi connectivity index (χ1v) is 12.2. The van der Waals surface area contributed by atoms with Crippen molar-refractivity contribution >= 4 is 5.57 Å². The highest BCUT2D eigenvalue weighted by molar-refractivity contribution is 5.66. The Morgan fingerprint density at radius 1 is 0.968 bits per heavy atom. The predicted octanol–water partition coefficient (Wildman–Crippen LogP) is 6.69. The lowest BCUT2D eigenvalue weighted by atomic mass is 9.67. The van der Waals surface area contributed by atoms with Crippen molar-refractivity contribution in [2.24, 2.45) is 17.3 Å². The van der Waals surface area contributed by atoms with Crippen molar-refractivity contribution < 1.29 is 0 Å². The standard InChI is InChI=1S/C28H39N3/c1-20(29-4)17-21-5-7-25(8-6-21)27-30-18-26(19-31-27)23-11-9-22(10-12-23)24-13-15-28(2,3)16-14-24/h5-8,11,18-20,22,24,29H,9-10,12-17H2,1-4H3. The number of benzene rings is 1. The second-order valence-corrected chi connectivity index (χ2v) is 10.7. The Morgan fingerprint density at radius 2 is 1.65 bits per heavy atom. The summed E-state index contributed by atoms with van der Waals surface area (Å²) in [5.41, 5.74) is 5.63. The Morgan fingerprint density at radius 3 is 2.23 bits per heavy atom. The molecule has 1 saturated carbocycles. The van der Waals surface area contributed by atoms with E-state index in [9.17, 15) is 0 Å². The van der Waals surface area contributed by atoms with Crippen LogP contribution in [0.2, 0.25) is 0 Å². The highest BCUT2D eigenvalue weighted by Gasteiger charge is 2.32. The first-order chi connectivity index (χ1) is 14.9. The Bertz CT molecular complexity index is 869. The van der Waals surface area contributed by atoms with E-state index in [4.69, 9.17) is 9.97 Å². The number of hydrogen-bond acceptors (Lipinski definition) is 3. The van der Waals surface area contributed by atoms with Crippen molar-refractivity contribution in [3.8, 4) is 11.4 Å². The van der Waals surface area contributed by atoms with E-state index in [0.29, 0.717) is 11.5 Å². The molecule has 2 aliphatic rings. The number of allylic oxidation sites excluding steroid dienone is 2. The quantitative estimate of drug-likeness (QED) is 0.569. The van der Waals surface area contributed by atoms with Gasteiger partial charge in [-0.15, -0.1) is 0 Å². The van der Waals surface area contributed by atoms with Crippen LogP contribution in [0, 0.1) is 17.3 Å². The maximum Gasteiger partial charge on any atom is 0.159 e. The second kappa shape index (κ2) is 9.65. The molecule has 166 valence electrons. The van der Waals surface area contributed by atoms with Gasteiger partial charge >= 0.3 is 0 Å². The van der Waals surface area contributed by atoms with Gasteiger partial charge in [-0.3, -0.25) is 0 Å². The van der Waals surface area contributed by atoms with Gasteiger partial charge in [0.1, 0.15) is 0 Å².